The minimum Gasteiger partial charge on any atom is -0.392 e. The molecule has 1 aliphatic heterocycles. The zero-order valence-electron chi connectivity index (χ0n) is 13.1. The molecule has 1 aliphatic carbocycles. The van der Waals surface area contributed by atoms with Crippen molar-refractivity contribution in [2.45, 2.75) is 51.7 Å². The minimum absolute atomic E-state index is 0.256. The summed E-state index contributed by atoms with van der Waals surface area (Å²) < 4.78 is 0. The molecular weight excluding hydrogens is 264 g/mol. The minimum atomic E-state index is -0.256. The lowest BCUT2D eigenvalue weighted by atomic mass is 10.1. The fraction of sp³-hybridized carbons (Fsp3) is 0.750. The molecule has 0 unspecified atom stereocenters. The summed E-state index contributed by atoms with van der Waals surface area (Å²) in [5, 5.41) is 9.65. The Kier molecular flexibility index (Phi) is 4.40. The van der Waals surface area contributed by atoms with E-state index >= 15 is 0 Å². The number of aryl methyl sites for hydroxylation is 1. The average molecular weight is 290 g/mol. The lowest BCUT2D eigenvalue weighted by Gasteiger charge is -2.42. The molecule has 2 heterocycles. The molecule has 0 saturated carbocycles. The van der Waals surface area contributed by atoms with E-state index in [0.717, 1.165) is 51.3 Å². The summed E-state index contributed by atoms with van der Waals surface area (Å²) >= 11 is 0. The summed E-state index contributed by atoms with van der Waals surface area (Å²) in [5.41, 5.74) is 2.62. The van der Waals surface area contributed by atoms with Crippen molar-refractivity contribution in [3.8, 4) is 0 Å². The number of aliphatic hydroxyl groups is 1. The summed E-state index contributed by atoms with van der Waals surface area (Å²) in [6.45, 7) is 7.87. The molecule has 0 aromatic carbocycles. The summed E-state index contributed by atoms with van der Waals surface area (Å²) in [4.78, 5) is 13.9. The molecule has 1 saturated heterocycles. The first kappa shape index (κ1) is 14.7. The van der Waals surface area contributed by atoms with Crippen molar-refractivity contribution in [1.82, 2.24) is 14.9 Å². The lowest BCUT2D eigenvalue weighted by molar-refractivity contribution is 0.0884. The number of hydrogen-bond acceptors (Lipinski definition) is 5. The SMILES string of the molecule is CC[C@@H]1CN(c2ncnc3c2CCC3)CCN1C[C@@H](C)O. The molecule has 0 radical (unpaired) electrons. The lowest BCUT2D eigenvalue weighted by Crippen LogP contribution is -2.54. The second-order valence-electron chi connectivity index (χ2n) is 6.33. The molecule has 0 spiro atoms. The van der Waals surface area contributed by atoms with E-state index in [1.807, 2.05) is 6.92 Å². The highest BCUT2D eigenvalue weighted by molar-refractivity contribution is 5.51. The van der Waals surface area contributed by atoms with Crippen molar-refractivity contribution in [3.05, 3.63) is 17.6 Å². The molecular formula is C16H26N4O. The van der Waals surface area contributed by atoms with Crippen LogP contribution in [0.4, 0.5) is 5.82 Å². The zero-order chi connectivity index (χ0) is 14.8. The normalized spacial score (nSPS) is 24.1. The van der Waals surface area contributed by atoms with Gasteiger partial charge in [-0.05, 0) is 32.6 Å². The first-order valence-electron chi connectivity index (χ1n) is 8.18. The first-order chi connectivity index (χ1) is 10.2. The predicted octanol–water partition coefficient (Wildman–Crippen LogP) is 1.25. The molecule has 5 nitrogen and oxygen atoms in total. The number of β-amino-alcohol motifs (C(OH)–C–C–N with tert-alkyl or cyclic N) is 1. The molecule has 2 aliphatic rings. The van der Waals surface area contributed by atoms with Gasteiger partial charge in [0.15, 0.2) is 0 Å². The van der Waals surface area contributed by atoms with Gasteiger partial charge >= 0.3 is 0 Å². The molecule has 3 rings (SSSR count). The van der Waals surface area contributed by atoms with Gasteiger partial charge in [0.1, 0.15) is 12.1 Å². The molecule has 5 heteroatoms. The number of piperazine rings is 1. The maximum absolute atomic E-state index is 9.65. The van der Waals surface area contributed by atoms with E-state index < -0.39 is 0 Å². The fourth-order valence-corrected chi connectivity index (χ4v) is 3.67. The van der Waals surface area contributed by atoms with E-state index in [0.29, 0.717) is 6.04 Å². The molecule has 1 aromatic heterocycles. The highest BCUT2D eigenvalue weighted by Gasteiger charge is 2.29. The highest BCUT2D eigenvalue weighted by Crippen LogP contribution is 2.29. The van der Waals surface area contributed by atoms with Crippen LogP contribution in [0.3, 0.4) is 0 Å². The number of rotatable bonds is 4. The summed E-state index contributed by atoms with van der Waals surface area (Å²) in [6.07, 6.45) is 6.01. The third-order valence-electron chi connectivity index (χ3n) is 4.73. The largest absolute Gasteiger partial charge is 0.392 e. The van der Waals surface area contributed by atoms with Crippen molar-refractivity contribution in [2.24, 2.45) is 0 Å². The topological polar surface area (TPSA) is 52.5 Å². The maximum atomic E-state index is 9.65. The average Bonchev–Trinajstić information content (AvgIpc) is 2.95. The maximum Gasteiger partial charge on any atom is 0.135 e. The van der Waals surface area contributed by atoms with Gasteiger partial charge in [0.2, 0.25) is 0 Å². The van der Waals surface area contributed by atoms with Crippen LogP contribution in [0.5, 0.6) is 0 Å². The Morgan fingerprint density at radius 2 is 2.19 bits per heavy atom. The summed E-state index contributed by atoms with van der Waals surface area (Å²) in [6, 6.07) is 0.500. The van der Waals surface area contributed by atoms with Gasteiger partial charge in [-0.3, -0.25) is 4.90 Å². The number of aliphatic hydroxyl groups excluding tert-OH is 1. The second-order valence-corrected chi connectivity index (χ2v) is 6.33. The van der Waals surface area contributed by atoms with E-state index in [-0.39, 0.29) is 6.10 Å². The molecule has 1 N–H and O–H groups in total. The van der Waals surface area contributed by atoms with Crippen LogP contribution in [0.15, 0.2) is 6.33 Å². The van der Waals surface area contributed by atoms with Crippen LogP contribution in [0, 0.1) is 0 Å². The third kappa shape index (κ3) is 3.04. The van der Waals surface area contributed by atoms with Gasteiger partial charge in [-0.15, -0.1) is 0 Å². The second kappa shape index (κ2) is 6.28. The van der Waals surface area contributed by atoms with Crippen LogP contribution in [0.25, 0.3) is 0 Å². The van der Waals surface area contributed by atoms with E-state index in [2.05, 4.69) is 26.7 Å². The third-order valence-corrected chi connectivity index (χ3v) is 4.73. The van der Waals surface area contributed by atoms with E-state index in [4.69, 9.17) is 0 Å². The molecule has 116 valence electrons. The van der Waals surface area contributed by atoms with Crippen LogP contribution < -0.4 is 4.90 Å². The van der Waals surface area contributed by atoms with Gasteiger partial charge < -0.3 is 10.0 Å². The molecule has 2 atom stereocenters. The number of fused-ring (bicyclic) bond motifs is 1. The van der Waals surface area contributed by atoms with Gasteiger partial charge in [0, 0.05) is 43.5 Å². The van der Waals surface area contributed by atoms with Gasteiger partial charge in [-0.25, -0.2) is 9.97 Å². The highest BCUT2D eigenvalue weighted by atomic mass is 16.3. The van der Waals surface area contributed by atoms with Crippen LogP contribution >= 0.6 is 0 Å². The van der Waals surface area contributed by atoms with Gasteiger partial charge in [0.05, 0.1) is 6.10 Å². The predicted molar refractivity (Wildman–Crippen MR) is 83.6 cm³/mol. The number of hydrogen-bond donors (Lipinski definition) is 1. The molecule has 0 bridgehead atoms. The van der Waals surface area contributed by atoms with Crippen molar-refractivity contribution < 1.29 is 5.11 Å². The fourth-order valence-electron chi connectivity index (χ4n) is 3.67. The van der Waals surface area contributed by atoms with Crippen LogP contribution in [0.1, 0.15) is 37.9 Å². The Morgan fingerprint density at radius 1 is 1.33 bits per heavy atom. The van der Waals surface area contributed by atoms with E-state index in [1.165, 1.54) is 17.7 Å². The standard InChI is InChI=1S/C16H26N4O/c1-3-13-10-20(8-7-19(13)9-12(2)21)16-14-5-4-6-15(14)17-11-18-16/h11-13,21H,3-10H2,1-2H3/t12-,13-/m1/s1. The Labute approximate surface area is 127 Å². The van der Waals surface area contributed by atoms with Gasteiger partial charge in [-0.2, -0.15) is 0 Å². The van der Waals surface area contributed by atoms with Crippen LogP contribution in [-0.4, -0.2) is 58.3 Å². The van der Waals surface area contributed by atoms with Crippen LogP contribution in [-0.2, 0) is 12.8 Å². The number of aromatic nitrogens is 2. The molecule has 1 fully saturated rings. The Bertz CT molecular complexity index is 491. The van der Waals surface area contributed by atoms with Gasteiger partial charge in [0.25, 0.3) is 0 Å². The van der Waals surface area contributed by atoms with Gasteiger partial charge in [-0.1, -0.05) is 6.92 Å². The summed E-state index contributed by atoms with van der Waals surface area (Å²) in [5.74, 6) is 1.16. The Balaban J connectivity index is 1.75. The monoisotopic (exact) mass is 290 g/mol. The van der Waals surface area contributed by atoms with Crippen molar-refractivity contribution in [3.63, 3.8) is 0 Å². The quantitative estimate of drug-likeness (QED) is 0.904. The molecule has 21 heavy (non-hydrogen) atoms. The van der Waals surface area contributed by atoms with Crippen molar-refractivity contribution >= 4 is 5.82 Å². The van der Waals surface area contributed by atoms with E-state index in [1.54, 1.807) is 6.33 Å². The number of nitrogens with zero attached hydrogens (tertiary/aromatic N) is 4. The van der Waals surface area contributed by atoms with Crippen molar-refractivity contribution in [1.29, 1.82) is 0 Å². The summed E-state index contributed by atoms with van der Waals surface area (Å²) in [7, 11) is 0. The van der Waals surface area contributed by atoms with Crippen molar-refractivity contribution in [2.75, 3.05) is 31.1 Å². The van der Waals surface area contributed by atoms with Crippen LogP contribution in [0.2, 0.25) is 0 Å². The smallest absolute Gasteiger partial charge is 0.135 e. The Morgan fingerprint density at radius 3 is 2.95 bits per heavy atom. The molecule has 0 amide bonds. The zero-order valence-corrected chi connectivity index (χ0v) is 13.1. The molecule has 1 aromatic rings. The Hall–Kier alpha value is -1.20. The number of anilines is 1. The first-order valence-corrected chi connectivity index (χ1v) is 8.18. The van der Waals surface area contributed by atoms with E-state index in [9.17, 15) is 5.11 Å².